The Labute approximate surface area is 127 Å². The number of anilines is 1. The average Bonchev–Trinajstić information content (AvgIpc) is 2.51. The lowest BCUT2D eigenvalue weighted by Gasteiger charge is -2.35. The van der Waals surface area contributed by atoms with Gasteiger partial charge >= 0.3 is 0 Å². The molecule has 1 aromatic rings. The van der Waals surface area contributed by atoms with Gasteiger partial charge in [0.25, 0.3) is 0 Å². The molecule has 0 unspecified atom stereocenters. The van der Waals surface area contributed by atoms with Crippen LogP contribution < -0.4 is 15.5 Å². The summed E-state index contributed by atoms with van der Waals surface area (Å²) in [5.74, 6) is 0.984. The van der Waals surface area contributed by atoms with Crippen LogP contribution in [0.4, 0.5) is 5.69 Å². The molecule has 1 heterocycles. The molecule has 0 amide bonds. The van der Waals surface area contributed by atoms with E-state index in [9.17, 15) is 0 Å². The van der Waals surface area contributed by atoms with Crippen molar-refractivity contribution in [2.45, 2.75) is 44.2 Å². The summed E-state index contributed by atoms with van der Waals surface area (Å²) in [6.07, 6.45) is 6.25. The molecule has 0 spiro atoms. The first-order valence-corrected chi connectivity index (χ1v) is 8.15. The third kappa shape index (κ3) is 3.69. The van der Waals surface area contributed by atoms with Crippen molar-refractivity contribution in [2.24, 2.45) is 4.99 Å². The highest BCUT2D eigenvalue weighted by molar-refractivity contribution is 5.80. The second kappa shape index (κ2) is 6.83. The summed E-state index contributed by atoms with van der Waals surface area (Å²) in [6.45, 7) is 2.23. The number of para-hydroxylation sites is 1. The number of guanidine groups is 1. The van der Waals surface area contributed by atoms with Crippen LogP contribution in [0.5, 0.6) is 0 Å². The van der Waals surface area contributed by atoms with Gasteiger partial charge in [0, 0.05) is 37.9 Å². The monoisotopic (exact) mass is 286 g/mol. The van der Waals surface area contributed by atoms with Crippen LogP contribution in [0.2, 0.25) is 0 Å². The molecule has 0 atom stereocenters. The molecule has 3 rings (SSSR count). The molecule has 21 heavy (non-hydrogen) atoms. The van der Waals surface area contributed by atoms with Crippen LogP contribution in [-0.2, 0) is 0 Å². The van der Waals surface area contributed by atoms with Crippen molar-refractivity contribution in [3.05, 3.63) is 30.3 Å². The molecule has 1 aliphatic heterocycles. The van der Waals surface area contributed by atoms with E-state index in [1.54, 1.807) is 0 Å². The maximum atomic E-state index is 4.36. The summed E-state index contributed by atoms with van der Waals surface area (Å²) >= 11 is 0. The molecule has 2 fully saturated rings. The van der Waals surface area contributed by atoms with Crippen LogP contribution in [-0.4, -0.2) is 38.2 Å². The van der Waals surface area contributed by atoms with E-state index in [2.05, 4.69) is 50.9 Å². The maximum absolute atomic E-state index is 4.36. The fraction of sp³-hybridized carbons (Fsp3) is 0.588. The molecule has 4 nitrogen and oxygen atoms in total. The number of piperidine rings is 1. The van der Waals surface area contributed by atoms with E-state index < -0.39 is 0 Å². The third-order valence-electron chi connectivity index (χ3n) is 4.63. The van der Waals surface area contributed by atoms with Crippen LogP contribution in [0.3, 0.4) is 0 Å². The second-order valence-electron chi connectivity index (χ2n) is 6.09. The Bertz CT molecular complexity index is 459. The molecule has 114 valence electrons. The lowest BCUT2D eigenvalue weighted by molar-refractivity contribution is 0.374. The van der Waals surface area contributed by atoms with Gasteiger partial charge in [-0.1, -0.05) is 18.2 Å². The lowest BCUT2D eigenvalue weighted by Crippen LogP contribution is -2.52. The Morgan fingerprint density at radius 2 is 1.62 bits per heavy atom. The lowest BCUT2D eigenvalue weighted by atomic mass is 9.93. The highest BCUT2D eigenvalue weighted by Crippen LogP contribution is 2.20. The fourth-order valence-corrected chi connectivity index (χ4v) is 3.03. The molecule has 1 saturated carbocycles. The van der Waals surface area contributed by atoms with Crippen molar-refractivity contribution in [3.8, 4) is 0 Å². The number of hydrogen-bond acceptors (Lipinski definition) is 2. The highest BCUT2D eigenvalue weighted by atomic mass is 15.2. The van der Waals surface area contributed by atoms with Crippen LogP contribution in [0.25, 0.3) is 0 Å². The van der Waals surface area contributed by atoms with Gasteiger partial charge in [0.1, 0.15) is 0 Å². The van der Waals surface area contributed by atoms with Crippen LogP contribution in [0.15, 0.2) is 35.3 Å². The summed E-state index contributed by atoms with van der Waals surface area (Å²) in [5, 5.41) is 7.11. The first-order valence-electron chi connectivity index (χ1n) is 8.15. The molecular weight excluding hydrogens is 260 g/mol. The van der Waals surface area contributed by atoms with Gasteiger partial charge in [-0.3, -0.25) is 4.99 Å². The summed E-state index contributed by atoms with van der Waals surface area (Å²) in [5.41, 5.74) is 1.34. The zero-order valence-corrected chi connectivity index (χ0v) is 12.9. The summed E-state index contributed by atoms with van der Waals surface area (Å²) in [4.78, 5) is 6.83. The molecule has 1 aliphatic carbocycles. The normalized spacial score (nSPS) is 21.0. The van der Waals surface area contributed by atoms with E-state index in [0.717, 1.165) is 19.0 Å². The quantitative estimate of drug-likeness (QED) is 0.662. The number of hydrogen-bond donors (Lipinski definition) is 2. The molecule has 2 N–H and O–H groups in total. The molecule has 1 saturated heterocycles. The average molecular weight is 286 g/mol. The van der Waals surface area contributed by atoms with Gasteiger partial charge in [-0.05, 0) is 44.2 Å². The van der Waals surface area contributed by atoms with E-state index in [4.69, 9.17) is 0 Å². The minimum atomic E-state index is 0.538. The predicted octanol–water partition coefficient (Wildman–Crippen LogP) is 2.37. The van der Waals surface area contributed by atoms with Gasteiger partial charge in [0.2, 0.25) is 0 Å². The topological polar surface area (TPSA) is 39.7 Å². The molecule has 4 heteroatoms. The molecule has 0 radical (unpaired) electrons. The molecular formula is C17H26N4. The first-order chi connectivity index (χ1) is 10.3. The second-order valence-corrected chi connectivity index (χ2v) is 6.09. The Morgan fingerprint density at radius 1 is 1.00 bits per heavy atom. The van der Waals surface area contributed by atoms with Crippen LogP contribution in [0, 0.1) is 0 Å². The zero-order chi connectivity index (χ0) is 14.5. The van der Waals surface area contributed by atoms with Crippen molar-refractivity contribution in [1.29, 1.82) is 0 Å². The highest BCUT2D eigenvalue weighted by Gasteiger charge is 2.22. The van der Waals surface area contributed by atoms with Crippen molar-refractivity contribution in [3.63, 3.8) is 0 Å². The van der Waals surface area contributed by atoms with Crippen molar-refractivity contribution in [1.82, 2.24) is 10.6 Å². The molecule has 1 aromatic carbocycles. The molecule has 0 aromatic heterocycles. The van der Waals surface area contributed by atoms with Gasteiger partial charge < -0.3 is 15.5 Å². The minimum absolute atomic E-state index is 0.538. The standard InChI is InChI=1S/C17H26N4/c1-18-17(19-14-6-5-7-14)20-15-10-12-21(13-11-15)16-8-3-2-4-9-16/h2-4,8-9,14-15H,5-7,10-13H2,1H3,(H2,18,19,20). The summed E-state index contributed by atoms with van der Waals surface area (Å²) < 4.78 is 0. The minimum Gasteiger partial charge on any atom is -0.371 e. The van der Waals surface area contributed by atoms with Gasteiger partial charge in [-0.2, -0.15) is 0 Å². The van der Waals surface area contributed by atoms with Crippen LogP contribution in [0.1, 0.15) is 32.1 Å². The van der Waals surface area contributed by atoms with Crippen molar-refractivity contribution < 1.29 is 0 Å². The Balaban J connectivity index is 1.46. The molecule has 0 bridgehead atoms. The number of aliphatic imine (C=N–C) groups is 1. The van der Waals surface area contributed by atoms with E-state index in [1.165, 1.54) is 37.8 Å². The van der Waals surface area contributed by atoms with Gasteiger partial charge in [0.05, 0.1) is 0 Å². The van der Waals surface area contributed by atoms with Gasteiger partial charge in [0.15, 0.2) is 5.96 Å². The fourth-order valence-electron chi connectivity index (χ4n) is 3.03. The van der Waals surface area contributed by atoms with Crippen LogP contribution >= 0.6 is 0 Å². The summed E-state index contributed by atoms with van der Waals surface area (Å²) in [7, 11) is 1.87. The van der Waals surface area contributed by atoms with E-state index in [1.807, 2.05) is 7.05 Å². The number of benzene rings is 1. The largest absolute Gasteiger partial charge is 0.371 e. The smallest absolute Gasteiger partial charge is 0.191 e. The Kier molecular flexibility index (Phi) is 4.63. The number of nitrogens with zero attached hydrogens (tertiary/aromatic N) is 2. The van der Waals surface area contributed by atoms with Gasteiger partial charge in [-0.15, -0.1) is 0 Å². The number of rotatable bonds is 3. The maximum Gasteiger partial charge on any atom is 0.191 e. The SMILES string of the molecule is CN=C(NC1CCC1)NC1CCN(c2ccccc2)CC1. The van der Waals surface area contributed by atoms with E-state index in [0.29, 0.717) is 12.1 Å². The van der Waals surface area contributed by atoms with Crippen molar-refractivity contribution in [2.75, 3.05) is 25.0 Å². The summed E-state index contributed by atoms with van der Waals surface area (Å²) in [6, 6.07) is 11.9. The van der Waals surface area contributed by atoms with Crippen molar-refractivity contribution >= 4 is 11.6 Å². The van der Waals surface area contributed by atoms with Gasteiger partial charge in [-0.25, -0.2) is 0 Å². The van der Waals surface area contributed by atoms with E-state index in [-0.39, 0.29) is 0 Å². The zero-order valence-electron chi connectivity index (χ0n) is 12.9. The predicted molar refractivity (Wildman–Crippen MR) is 88.9 cm³/mol. The third-order valence-corrected chi connectivity index (χ3v) is 4.63. The first kappa shape index (κ1) is 14.2. The number of nitrogens with one attached hydrogen (secondary N) is 2. The Morgan fingerprint density at radius 3 is 2.14 bits per heavy atom. The Hall–Kier alpha value is -1.71. The van der Waals surface area contributed by atoms with E-state index >= 15 is 0 Å². The molecule has 2 aliphatic rings.